The fourth-order valence-electron chi connectivity index (χ4n) is 1.00. The van der Waals surface area contributed by atoms with E-state index in [1.807, 2.05) is 6.92 Å². The zero-order valence-electron chi connectivity index (χ0n) is 7.77. The van der Waals surface area contributed by atoms with Crippen molar-refractivity contribution >= 4 is 21.4 Å². The zero-order chi connectivity index (χ0) is 10.6. The molecule has 0 aliphatic carbocycles. The van der Waals surface area contributed by atoms with Crippen LogP contribution in [0.5, 0.6) is 0 Å². The third-order valence-electron chi connectivity index (χ3n) is 1.78. The molecule has 1 aromatic rings. The average Bonchev–Trinajstić information content (AvgIpc) is 2.16. The maximum atomic E-state index is 11.6. The second-order valence-electron chi connectivity index (χ2n) is 2.96. The van der Waals surface area contributed by atoms with E-state index in [1.54, 1.807) is 24.3 Å². The van der Waals surface area contributed by atoms with Gasteiger partial charge in [-0.15, -0.1) is 0 Å². The molecule has 0 aliphatic rings. The van der Waals surface area contributed by atoms with Gasteiger partial charge in [-0.1, -0.05) is 35.4 Å². The van der Waals surface area contributed by atoms with Crippen molar-refractivity contribution in [1.82, 2.24) is 0 Å². The molecule has 4 heteroatoms. The van der Waals surface area contributed by atoms with E-state index >= 15 is 0 Å². The summed E-state index contributed by atoms with van der Waals surface area (Å²) in [6, 6.07) is 6.76. The Kier molecular flexibility index (Phi) is 3.72. The van der Waals surface area contributed by atoms with Gasteiger partial charge in [-0.05, 0) is 19.1 Å². The Morgan fingerprint density at radius 1 is 1.29 bits per heavy atom. The number of hydrogen-bond donors (Lipinski definition) is 0. The lowest BCUT2D eigenvalue weighted by Crippen LogP contribution is -2.04. The van der Waals surface area contributed by atoms with Gasteiger partial charge in [0.25, 0.3) is 0 Å². The number of rotatable bonds is 3. The molecule has 1 aromatic carbocycles. The second kappa shape index (κ2) is 4.62. The minimum absolute atomic E-state index is 0.0560. The molecule has 1 rings (SSSR count). The van der Waals surface area contributed by atoms with E-state index < -0.39 is 9.84 Å². The summed E-state index contributed by atoms with van der Waals surface area (Å²) < 4.78 is 23.2. The van der Waals surface area contributed by atoms with Crippen LogP contribution in [0.4, 0.5) is 0 Å². The Balaban J connectivity index is 2.99. The van der Waals surface area contributed by atoms with E-state index in [4.69, 9.17) is 11.6 Å². The molecule has 76 valence electrons. The highest BCUT2D eigenvalue weighted by Crippen LogP contribution is 2.12. The molecule has 2 nitrogen and oxygen atoms in total. The topological polar surface area (TPSA) is 34.1 Å². The molecule has 0 bridgehead atoms. The van der Waals surface area contributed by atoms with Crippen LogP contribution in [-0.4, -0.2) is 14.2 Å². The van der Waals surface area contributed by atoms with Gasteiger partial charge in [-0.25, -0.2) is 8.42 Å². The van der Waals surface area contributed by atoms with Gasteiger partial charge in [0.05, 0.1) is 10.6 Å². The monoisotopic (exact) mass is 230 g/mol. The Hall–Kier alpha value is -0.800. The molecule has 0 heterocycles. The Morgan fingerprint density at radius 3 is 2.36 bits per heavy atom. The first-order valence-corrected chi connectivity index (χ1v) is 6.20. The average molecular weight is 231 g/mol. The van der Waals surface area contributed by atoms with E-state index in [1.165, 1.54) is 11.6 Å². The fraction of sp³-hybridized carbons (Fsp3) is 0.200. The molecule has 0 saturated heterocycles. The van der Waals surface area contributed by atoms with E-state index in [-0.39, 0.29) is 5.75 Å². The number of sulfone groups is 1. The summed E-state index contributed by atoms with van der Waals surface area (Å²) in [5.74, 6) is -0.0560. The van der Waals surface area contributed by atoms with Crippen molar-refractivity contribution in [2.24, 2.45) is 0 Å². The van der Waals surface area contributed by atoms with Crippen molar-refractivity contribution in [1.29, 1.82) is 0 Å². The van der Waals surface area contributed by atoms with Gasteiger partial charge in [0.15, 0.2) is 9.84 Å². The van der Waals surface area contributed by atoms with Gasteiger partial charge in [-0.3, -0.25) is 0 Å². The fourth-order valence-corrected chi connectivity index (χ4v) is 2.29. The molecular formula is C10H11ClO2S. The van der Waals surface area contributed by atoms with Gasteiger partial charge >= 0.3 is 0 Å². The molecule has 0 amide bonds. The summed E-state index contributed by atoms with van der Waals surface area (Å²) in [7, 11) is -3.21. The molecule has 0 saturated carbocycles. The lowest BCUT2D eigenvalue weighted by molar-refractivity contribution is 0.599. The summed E-state index contributed by atoms with van der Waals surface area (Å²) in [6.07, 6.45) is 1.41. The SMILES string of the molecule is Cc1ccc(S(=O)(=O)C/C=C/Cl)cc1. The van der Waals surface area contributed by atoms with E-state index in [9.17, 15) is 8.42 Å². The van der Waals surface area contributed by atoms with Crippen molar-refractivity contribution < 1.29 is 8.42 Å². The molecule has 0 unspecified atom stereocenters. The highest BCUT2D eigenvalue weighted by Gasteiger charge is 2.11. The van der Waals surface area contributed by atoms with E-state index in [0.717, 1.165) is 5.56 Å². The highest BCUT2D eigenvalue weighted by molar-refractivity contribution is 7.91. The molecule has 0 aliphatic heterocycles. The van der Waals surface area contributed by atoms with Gasteiger partial charge in [0, 0.05) is 5.54 Å². The van der Waals surface area contributed by atoms with Crippen molar-refractivity contribution in [3.05, 3.63) is 41.4 Å². The lowest BCUT2D eigenvalue weighted by Gasteiger charge is -2.01. The Labute approximate surface area is 89.1 Å². The van der Waals surface area contributed by atoms with Crippen molar-refractivity contribution in [2.45, 2.75) is 11.8 Å². The van der Waals surface area contributed by atoms with Crippen LogP contribution in [-0.2, 0) is 9.84 Å². The van der Waals surface area contributed by atoms with Crippen LogP contribution < -0.4 is 0 Å². The Bertz CT molecular complexity index is 418. The maximum Gasteiger partial charge on any atom is 0.181 e. The number of benzene rings is 1. The van der Waals surface area contributed by atoms with Gasteiger partial charge < -0.3 is 0 Å². The van der Waals surface area contributed by atoms with E-state index in [0.29, 0.717) is 4.90 Å². The van der Waals surface area contributed by atoms with Crippen molar-refractivity contribution in [2.75, 3.05) is 5.75 Å². The second-order valence-corrected chi connectivity index (χ2v) is 5.24. The summed E-state index contributed by atoms with van der Waals surface area (Å²) in [5.41, 5.74) is 2.25. The third-order valence-corrected chi connectivity index (χ3v) is 3.58. The quantitative estimate of drug-likeness (QED) is 0.800. The summed E-state index contributed by atoms with van der Waals surface area (Å²) >= 11 is 5.28. The highest BCUT2D eigenvalue weighted by atomic mass is 35.5. The molecule has 0 spiro atoms. The van der Waals surface area contributed by atoms with Crippen LogP contribution in [0.3, 0.4) is 0 Å². The zero-order valence-corrected chi connectivity index (χ0v) is 9.35. The van der Waals surface area contributed by atoms with Gasteiger partial charge in [-0.2, -0.15) is 0 Å². The van der Waals surface area contributed by atoms with Gasteiger partial charge in [0.1, 0.15) is 0 Å². The summed E-state index contributed by atoms with van der Waals surface area (Å²) in [6.45, 7) is 1.91. The van der Waals surface area contributed by atoms with Crippen molar-refractivity contribution in [3.63, 3.8) is 0 Å². The minimum atomic E-state index is -3.21. The third kappa shape index (κ3) is 2.86. The Morgan fingerprint density at radius 2 is 1.86 bits per heavy atom. The molecular weight excluding hydrogens is 220 g/mol. The van der Waals surface area contributed by atoms with Crippen molar-refractivity contribution in [3.8, 4) is 0 Å². The van der Waals surface area contributed by atoms with Crippen LogP contribution in [0.25, 0.3) is 0 Å². The van der Waals surface area contributed by atoms with Crippen LogP contribution in [0, 0.1) is 6.92 Å². The molecule has 0 radical (unpaired) electrons. The normalized spacial score (nSPS) is 12.1. The maximum absolute atomic E-state index is 11.6. The lowest BCUT2D eigenvalue weighted by atomic mass is 10.2. The van der Waals surface area contributed by atoms with E-state index in [2.05, 4.69) is 0 Å². The first-order valence-electron chi connectivity index (χ1n) is 4.11. The van der Waals surface area contributed by atoms with Gasteiger partial charge in [0.2, 0.25) is 0 Å². The summed E-state index contributed by atoms with van der Waals surface area (Å²) in [4.78, 5) is 0.331. The standard InChI is InChI=1S/C10H11ClO2S/c1-9-3-5-10(6-4-9)14(12,13)8-2-7-11/h2-7H,8H2,1H3/b7-2+. The predicted octanol–water partition coefficient (Wildman–Crippen LogP) is 2.52. The minimum Gasteiger partial charge on any atom is -0.223 e. The first-order chi connectivity index (χ1) is 6.56. The van der Waals surface area contributed by atoms with Crippen LogP contribution in [0.15, 0.2) is 40.8 Å². The molecule has 0 fully saturated rings. The number of hydrogen-bond acceptors (Lipinski definition) is 2. The largest absolute Gasteiger partial charge is 0.223 e. The smallest absolute Gasteiger partial charge is 0.181 e. The molecule has 14 heavy (non-hydrogen) atoms. The molecule has 0 atom stereocenters. The molecule has 0 N–H and O–H groups in total. The number of halogens is 1. The molecule has 0 aromatic heterocycles. The van der Waals surface area contributed by atoms with Crippen LogP contribution >= 0.6 is 11.6 Å². The first kappa shape index (κ1) is 11.3. The van der Waals surface area contributed by atoms with Crippen LogP contribution in [0.2, 0.25) is 0 Å². The number of aryl methyl sites for hydroxylation is 1. The predicted molar refractivity (Wildman–Crippen MR) is 58.2 cm³/mol. The summed E-state index contributed by atoms with van der Waals surface area (Å²) in [5, 5.41) is 0. The van der Waals surface area contributed by atoms with Crippen LogP contribution in [0.1, 0.15) is 5.56 Å².